The highest BCUT2D eigenvalue weighted by Crippen LogP contribution is 2.28. The Hall–Kier alpha value is -2.75. The molecule has 140 valence electrons. The summed E-state index contributed by atoms with van der Waals surface area (Å²) in [6.07, 6.45) is 3.65. The summed E-state index contributed by atoms with van der Waals surface area (Å²) in [6.45, 7) is 6.23. The van der Waals surface area contributed by atoms with Crippen LogP contribution in [0.1, 0.15) is 43.4 Å². The first-order chi connectivity index (χ1) is 13.1. The van der Waals surface area contributed by atoms with Gasteiger partial charge in [0.2, 0.25) is 0 Å². The van der Waals surface area contributed by atoms with Crippen molar-refractivity contribution < 1.29 is 0 Å². The van der Waals surface area contributed by atoms with Gasteiger partial charge >= 0.3 is 0 Å². The van der Waals surface area contributed by atoms with Crippen LogP contribution in [0.2, 0.25) is 0 Å². The molecule has 1 saturated heterocycles. The molecule has 0 radical (unpaired) electrons. The van der Waals surface area contributed by atoms with E-state index >= 15 is 0 Å². The maximum atomic E-state index is 12.9. The second-order valence-corrected chi connectivity index (χ2v) is 7.58. The highest BCUT2D eigenvalue weighted by Gasteiger charge is 2.17. The van der Waals surface area contributed by atoms with Gasteiger partial charge in [-0.1, -0.05) is 24.3 Å². The van der Waals surface area contributed by atoms with Crippen molar-refractivity contribution in [3.63, 3.8) is 0 Å². The first-order valence-corrected chi connectivity index (χ1v) is 9.86. The molecule has 0 aliphatic carbocycles. The van der Waals surface area contributed by atoms with E-state index in [0.717, 1.165) is 46.6 Å². The molecule has 2 N–H and O–H groups in total. The summed E-state index contributed by atoms with van der Waals surface area (Å²) in [5.74, 6) is 0.948. The van der Waals surface area contributed by atoms with E-state index in [2.05, 4.69) is 47.2 Å². The number of rotatable bonds is 4. The molecule has 0 saturated carbocycles. The van der Waals surface area contributed by atoms with Gasteiger partial charge in [-0.3, -0.25) is 4.79 Å². The number of pyridine rings is 1. The number of fused-ring (bicyclic) bond motifs is 1. The summed E-state index contributed by atoms with van der Waals surface area (Å²) in [5, 5.41) is 4.33. The van der Waals surface area contributed by atoms with Crippen molar-refractivity contribution >= 4 is 22.4 Å². The standard InChI is InChI=1S/C23H27N3O/c1-16-13-19(17(2)24-18-9-5-3-6-10-18)23-20(14-16)21(27)15-22(25-23)26-11-7-4-8-12-26/h3,5-6,9-10,13-15,17,24H,4,7-8,11-12H2,1-2H3,(H,25,27)/t17-/m1/s1. The second kappa shape index (κ2) is 7.47. The van der Waals surface area contributed by atoms with Gasteiger partial charge in [-0.2, -0.15) is 0 Å². The maximum absolute atomic E-state index is 12.9. The van der Waals surface area contributed by atoms with E-state index in [1.807, 2.05) is 24.3 Å². The Labute approximate surface area is 160 Å². The van der Waals surface area contributed by atoms with Gasteiger partial charge < -0.3 is 15.2 Å². The van der Waals surface area contributed by atoms with Crippen LogP contribution in [0.25, 0.3) is 10.9 Å². The van der Waals surface area contributed by atoms with E-state index < -0.39 is 0 Å². The fourth-order valence-electron chi connectivity index (χ4n) is 4.02. The minimum atomic E-state index is 0.0852. The highest BCUT2D eigenvalue weighted by atomic mass is 16.1. The molecule has 4 nitrogen and oxygen atoms in total. The Kier molecular flexibility index (Phi) is 4.88. The molecule has 1 atom stereocenters. The second-order valence-electron chi connectivity index (χ2n) is 7.58. The number of anilines is 2. The number of aromatic amines is 1. The van der Waals surface area contributed by atoms with Crippen LogP contribution in [0.5, 0.6) is 0 Å². The van der Waals surface area contributed by atoms with Gasteiger partial charge in [-0.25, -0.2) is 0 Å². The van der Waals surface area contributed by atoms with E-state index in [1.165, 1.54) is 19.3 Å². The number of nitrogens with zero attached hydrogens (tertiary/aromatic N) is 1. The first-order valence-electron chi connectivity index (χ1n) is 9.86. The Morgan fingerprint density at radius 2 is 1.78 bits per heavy atom. The fraction of sp³-hybridized carbons (Fsp3) is 0.348. The van der Waals surface area contributed by atoms with E-state index in [0.29, 0.717) is 0 Å². The molecule has 1 aliphatic rings. The number of nitrogens with one attached hydrogen (secondary N) is 2. The number of H-pyrrole nitrogens is 1. The maximum Gasteiger partial charge on any atom is 0.191 e. The van der Waals surface area contributed by atoms with Crippen molar-refractivity contribution in [2.24, 2.45) is 0 Å². The normalized spacial score (nSPS) is 15.7. The summed E-state index contributed by atoms with van der Waals surface area (Å²) in [6, 6.07) is 16.2. The summed E-state index contributed by atoms with van der Waals surface area (Å²) in [5.41, 5.74) is 4.36. The molecule has 0 amide bonds. The summed E-state index contributed by atoms with van der Waals surface area (Å²) < 4.78 is 0. The largest absolute Gasteiger partial charge is 0.378 e. The molecule has 2 aromatic carbocycles. The smallest absolute Gasteiger partial charge is 0.191 e. The lowest BCUT2D eigenvalue weighted by atomic mass is 10.00. The van der Waals surface area contributed by atoms with Gasteiger partial charge in [0.05, 0.1) is 11.6 Å². The van der Waals surface area contributed by atoms with E-state index in [4.69, 9.17) is 0 Å². The number of aryl methyl sites for hydroxylation is 1. The van der Waals surface area contributed by atoms with Gasteiger partial charge in [0.1, 0.15) is 5.82 Å². The van der Waals surface area contributed by atoms with Gasteiger partial charge in [0, 0.05) is 30.2 Å². The number of aromatic nitrogens is 1. The average molecular weight is 361 g/mol. The lowest BCUT2D eigenvalue weighted by molar-refractivity contribution is 0.574. The Morgan fingerprint density at radius 3 is 2.52 bits per heavy atom. The average Bonchev–Trinajstić information content (AvgIpc) is 2.69. The lowest BCUT2D eigenvalue weighted by Crippen LogP contribution is -2.31. The SMILES string of the molecule is Cc1cc([C@@H](C)Nc2ccccc2)c2[nH]c(N3CCCCC3)cc(=O)c2c1. The first kappa shape index (κ1) is 17.7. The van der Waals surface area contributed by atoms with Crippen molar-refractivity contribution in [2.75, 3.05) is 23.3 Å². The molecular weight excluding hydrogens is 334 g/mol. The number of piperidine rings is 1. The molecule has 0 unspecified atom stereocenters. The Bertz CT molecular complexity index is 988. The third-order valence-corrected chi connectivity index (χ3v) is 5.42. The molecule has 1 aliphatic heterocycles. The van der Waals surface area contributed by atoms with Crippen LogP contribution in [0, 0.1) is 6.92 Å². The Morgan fingerprint density at radius 1 is 1.04 bits per heavy atom. The van der Waals surface area contributed by atoms with Crippen LogP contribution in [-0.2, 0) is 0 Å². The molecule has 1 aromatic heterocycles. The molecule has 4 rings (SSSR count). The van der Waals surface area contributed by atoms with Crippen molar-refractivity contribution in [1.82, 2.24) is 4.98 Å². The number of hydrogen-bond acceptors (Lipinski definition) is 3. The fourth-order valence-corrected chi connectivity index (χ4v) is 4.02. The molecule has 0 spiro atoms. The van der Waals surface area contributed by atoms with Crippen LogP contribution in [0.15, 0.2) is 53.3 Å². The van der Waals surface area contributed by atoms with E-state index in [1.54, 1.807) is 6.07 Å². The zero-order valence-corrected chi connectivity index (χ0v) is 16.1. The Balaban J connectivity index is 1.78. The molecule has 27 heavy (non-hydrogen) atoms. The third kappa shape index (κ3) is 3.70. The van der Waals surface area contributed by atoms with Crippen molar-refractivity contribution in [2.45, 2.75) is 39.2 Å². The molecule has 2 heterocycles. The molecule has 1 fully saturated rings. The van der Waals surface area contributed by atoms with Gasteiger partial charge in [0.15, 0.2) is 5.43 Å². The number of benzene rings is 2. The summed E-state index contributed by atoms with van der Waals surface area (Å²) >= 11 is 0. The number of hydrogen-bond donors (Lipinski definition) is 2. The van der Waals surface area contributed by atoms with Gasteiger partial charge in [0.25, 0.3) is 0 Å². The topological polar surface area (TPSA) is 48.1 Å². The van der Waals surface area contributed by atoms with Gasteiger partial charge in [-0.15, -0.1) is 0 Å². The van der Waals surface area contributed by atoms with Gasteiger partial charge in [-0.05, 0) is 62.4 Å². The minimum Gasteiger partial charge on any atom is -0.378 e. The number of para-hydroxylation sites is 1. The summed E-state index contributed by atoms with van der Waals surface area (Å²) in [7, 11) is 0. The zero-order valence-electron chi connectivity index (χ0n) is 16.1. The van der Waals surface area contributed by atoms with Crippen LogP contribution in [0.4, 0.5) is 11.5 Å². The van der Waals surface area contributed by atoms with Crippen LogP contribution >= 0.6 is 0 Å². The van der Waals surface area contributed by atoms with E-state index in [9.17, 15) is 4.79 Å². The van der Waals surface area contributed by atoms with Crippen molar-refractivity contribution in [3.05, 3.63) is 69.9 Å². The zero-order chi connectivity index (χ0) is 18.8. The monoisotopic (exact) mass is 361 g/mol. The molecule has 4 heteroatoms. The highest BCUT2D eigenvalue weighted by molar-refractivity contribution is 5.85. The summed E-state index contributed by atoms with van der Waals surface area (Å²) in [4.78, 5) is 18.8. The molecule has 3 aromatic rings. The van der Waals surface area contributed by atoms with Crippen LogP contribution in [-0.4, -0.2) is 18.1 Å². The predicted octanol–water partition coefficient (Wildman–Crippen LogP) is 5.00. The van der Waals surface area contributed by atoms with Crippen molar-refractivity contribution in [3.8, 4) is 0 Å². The van der Waals surface area contributed by atoms with Crippen LogP contribution < -0.4 is 15.6 Å². The molecular formula is C23H27N3O. The minimum absolute atomic E-state index is 0.0852. The van der Waals surface area contributed by atoms with E-state index in [-0.39, 0.29) is 11.5 Å². The lowest BCUT2D eigenvalue weighted by Gasteiger charge is -2.29. The van der Waals surface area contributed by atoms with Crippen molar-refractivity contribution in [1.29, 1.82) is 0 Å². The molecule has 0 bridgehead atoms. The quantitative estimate of drug-likeness (QED) is 0.687. The predicted molar refractivity (Wildman–Crippen MR) is 114 cm³/mol. The third-order valence-electron chi connectivity index (χ3n) is 5.42. The van der Waals surface area contributed by atoms with Crippen LogP contribution in [0.3, 0.4) is 0 Å².